The average molecular weight is 387 g/mol. The molecule has 0 radical (unpaired) electrons. The molecular formula is C20H19F2N3O3. The summed E-state index contributed by atoms with van der Waals surface area (Å²) in [4.78, 5) is 38.1. The Morgan fingerprint density at radius 3 is 2.50 bits per heavy atom. The van der Waals surface area contributed by atoms with Gasteiger partial charge in [0.1, 0.15) is 6.54 Å². The number of benzene rings is 2. The molecule has 1 aromatic heterocycles. The van der Waals surface area contributed by atoms with Crippen molar-refractivity contribution in [3.8, 4) is 0 Å². The van der Waals surface area contributed by atoms with Gasteiger partial charge >= 0.3 is 5.69 Å². The van der Waals surface area contributed by atoms with Crippen LogP contribution in [-0.2, 0) is 11.3 Å². The fourth-order valence-corrected chi connectivity index (χ4v) is 2.98. The van der Waals surface area contributed by atoms with E-state index >= 15 is 0 Å². The van der Waals surface area contributed by atoms with E-state index in [0.29, 0.717) is 17.3 Å². The summed E-state index contributed by atoms with van der Waals surface area (Å²) in [5.74, 6) is -2.72. The summed E-state index contributed by atoms with van der Waals surface area (Å²) in [5, 5.41) is 2.76. The average Bonchev–Trinajstić information content (AvgIpc) is 2.68. The maximum atomic E-state index is 13.3. The van der Waals surface area contributed by atoms with Crippen molar-refractivity contribution in [3.63, 3.8) is 0 Å². The fraction of sp³-hybridized carbons (Fsp3) is 0.250. The van der Waals surface area contributed by atoms with Crippen LogP contribution in [0.5, 0.6) is 0 Å². The minimum Gasteiger partial charge on any atom is -0.324 e. The van der Waals surface area contributed by atoms with E-state index < -0.39 is 28.8 Å². The molecule has 6 nitrogen and oxygen atoms in total. The first-order valence-electron chi connectivity index (χ1n) is 8.82. The molecular weight excluding hydrogens is 368 g/mol. The second-order valence-corrected chi connectivity index (χ2v) is 6.50. The van der Waals surface area contributed by atoms with Crippen molar-refractivity contribution in [2.75, 3.05) is 5.32 Å². The largest absolute Gasteiger partial charge is 0.332 e. The number of carbonyl (C=O) groups excluding carboxylic acids is 1. The molecule has 1 unspecified atom stereocenters. The van der Waals surface area contributed by atoms with Gasteiger partial charge in [-0.25, -0.2) is 13.6 Å². The Hall–Kier alpha value is -3.29. The SMILES string of the molecule is CCC(C)n1c(=O)c2ccccc2n(CC(=O)Nc2ccc(F)c(F)c2)c1=O. The molecule has 1 N–H and O–H groups in total. The van der Waals surface area contributed by atoms with E-state index in [4.69, 9.17) is 0 Å². The van der Waals surface area contributed by atoms with Crippen molar-refractivity contribution < 1.29 is 13.6 Å². The molecule has 0 aliphatic carbocycles. The van der Waals surface area contributed by atoms with Crippen LogP contribution >= 0.6 is 0 Å². The summed E-state index contributed by atoms with van der Waals surface area (Å²) in [7, 11) is 0. The van der Waals surface area contributed by atoms with E-state index in [2.05, 4.69) is 5.32 Å². The number of para-hydroxylation sites is 1. The zero-order chi connectivity index (χ0) is 20.4. The van der Waals surface area contributed by atoms with Crippen LogP contribution in [-0.4, -0.2) is 15.0 Å². The summed E-state index contributed by atoms with van der Waals surface area (Å²) >= 11 is 0. The minimum atomic E-state index is -1.09. The quantitative estimate of drug-likeness (QED) is 0.731. The Balaban J connectivity index is 2.04. The second-order valence-electron chi connectivity index (χ2n) is 6.50. The van der Waals surface area contributed by atoms with Crippen LogP contribution in [0.3, 0.4) is 0 Å². The zero-order valence-corrected chi connectivity index (χ0v) is 15.4. The van der Waals surface area contributed by atoms with Crippen molar-refractivity contribution >= 4 is 22.5 Å². The van der Waals surface area contributed by atoms with Crippen LogP contribution in [0.4, 0.5) is 14.5 Å². The lowest BCUT2D eigenvalue weighted by Gasteiger charge is -2.17. The van der Waals surface area contributed by atoms with Gasteiger partial charge in [0.05, 0.1) is 10.9 Å². The predicted octanol–water partition coefficient (Wildman–Crippen LogP) is 3.05. The van der Waals surface area contributed by atoms with E-state index in [1.54, 1.807) is 31.2 Å². The molecule has 2 aromatic carbocycles. The Morgan fingerprint density at radius 2 is 1.82 bits per heavy atom. The number of rotatable bonds is 5. The van der Waals surface area contributed by atoms with Crippen molar-refractivity contribution in [1.29, 1.82) is 0 Å². The highest BCUT2D eigenvalue weighted by Gasteiger charge is 2.18. The molecule has 1 heterocycles. The van der Waals surface area contributed by atoms with Crippen LogP contribution in [0.1, 0.15) is 26.3 Å². The smallest absolute Gasteiger partial charge is 0.324 e. The number of nitrogens with zero attached hydrogens (tertiary/aromatic N) is 2. The molecule has 3 aromatic rings. The summed E-state index contributed by atoms with van der Waals surface area (Å²) in [6, 6.07) is 9.16. The Morgan fingerprint density at radius 1 is 1.11 bits per heavy atom. The van der Waals surface area contributed by atoms with Gasteiger partial charge in [-0.3, -0.25) is 18.7 Å². The van der Waals surface area contributed by atoms with Gasteiger partial charge in [0.15, 0.2) is 11.6 Å². The van der Waals surface area contributed by atoms with Gasteiger partial charge in [0, 0.05) is 17.8 Å². The molecule has 146 valence electrons. The van der Waals surface area contributed by atoms with Gasteiger partial charge in [-0.15, -0.1) is 0 Å². The fourth-order valence-electron chi connectivity index (χ4n) is 2.98. The van der Waals surface area contributed by atoms with Gasteiger partial charge in [-0.2, -0.15) is 0 Å². The van der Waals surface area contributed by atoms with E-state index in [9.17, 15) is 23.2 Å². The zero-order valence-electron chi connectivity index (χ0n) is 15.4. The van der Waals surface area contributed by atoms with Gasteiger partial charge < -0.3 is 5.32 Å². The van der Waals surface area contributed by atoms with Crippen molar-refractivity contribution in [1.82, 2.24) is 9.13 Å². The first-order valence-corrected chi connectivity index (χ1v) is 8.82. The highest BCUT2D eigenvalue weighted by Crippen LogP contribution is 2.14. The number of carbonyl (C=O) groups is 1. The van der Waals surface area contributed by atoms with Crippen LogP contribution < -0.4 is 16.6 Å². The van der Waals surface area contributed by atoms with E-state index in [1.807, 2.05) is 6.92 Å². The van der Waals surface area contributed by atoms with Crippen molar-refractivity contribution in [3.05, 3.63) is 74.9 Å². The van der Waals surface area contributed by atoms with Gasteiger partial charge in [-0.1, -0.05) is 19.1 Å². The number of fused-ring (bicyclic) bond motifs is 1. The lowest BCUT2D eigenvalue weighted by atomic mass is 10.2. The second kappa shape index (κ2) is 7.75. The molecule has 0 saturated heterocycles. The third kappa shape index (κ3) is 3.58. The molecule has 0 aliphatic heterocycles. The molecule has 0 saturated carbocycles. The highest BCUT2D eigenvalue weighted by molar-refractivity contribution is 5.91. The molecule has 1 atom stereocenters. The van der Waals surface area contributed by atoms with E-state index in [0.717, 1.165) is 16.7 Å². The van der Waals surface area contributed by atoms with E-state index in [-0.39, 0.29) is 18.3 Å². The first kappa shape index (κ1) is 19.5. The summed E-state index contributed by atoms with van der Waals surface area (Å²) in [5.41, 5.74) is -0.611. The van der Waals surface area contributed by atoms with Crippen molar-refractivity contribution in [2.24, 2.45) is 0 Å². The van der Waals surface area contributed by atoms with Crippen molar-refractivity contribution in [2.45, 2.75) is 32.9 Å². The number of hydrogen-bond donors (Lipinski definition) is 1. The molecule has 0 spiro atoms. The summed E-state index contributed by atoms with van der Waals surface area (Å²) in [6.45, 7) is 3.23. The summed E-state index contributed by atoms with van der Waals surface area (Å²) in [6.07, 6.45) is 0.564. The molecule has 3 rings (SSSR count). The number of nitrogens with one attached hydrogen (secondary N) is 1. The standard InChI is InChI=1S/C20H19F2N3O3/c1-3-12(2)25-19(27)14-6-4-5-7-17(14)24(20(25)28)11-18(26)23-13-8-9-15(21)16(22)10-13/h4-10,12H,3,11H2,1-2H3,(H,23,26). The predicted molar refractivity (Wildman–Crippen MR) is 102 cm³/mol. The van der Waals surface area contributed by atoms with Gasteiger partial charge in [0.25, 0.3) is 5.56 Å². The normalized spacial score (nSPS) is 12.1. The van der Waals surface area contributed by atoms with Crippen LogP contribution in [0.15, 0.2) is 52.1 Å². The monoisotopic (exact) mass is 387 g/mol. The Bertz CT molecular complexity index is 1170. The van der Waals surface area contributed by atoms with Crippen LogP contribution in [0.25, 0.3) is 10.9 Å². The maximum Gasteiger partial charge on any atom is 0.332 e. The van der Waals surface area contributed by atoms with Gasteiger partial charge in [-0.05, 0) is 37.6 Å². The Kier molecular flexibility index (Phi) is 5.39. The highest BCUT2D eigenvalue weighted by atomic mass is 19.2. The molecule has 0 bridgehead atoms. The van der Waals surface area contributed by atoms with Crippen LogP contribution in [0.2, 0.25) is 0 Å². The third-order valence-corrected chi connectivity index (χ3v) is 4.62. The molecule has 1 amide bonds. The molecule has 28 heavy (non-hydrogen) atoms. The minimum absolute atomic E-state index is 0.0662. The number of hydrogen-bond acceptors (Lipinski definition) is 3. The molecule has 8 heteroatoms. The first-order chi connectivity index (χ1) is 13.3. The third-order valence-electron chi connectivity index (χ3n) is 4.62. The van der Waals surface area contributed by atoms with E-state index in [1.165, 1.54) is 10.6 Å². The maximum absolute atomic E-state index is 13.3. The summed E-state index contributed by atoms with van der Waals surface area (Å²) < 4.78 is 28.7. The number of aromatic nitrogens is 2. The lowest BCUT2D eigenvalue weighted by molar-refractivity contribution is -0.116. The van der Waals surface area contributed by atoms with Crippen LogP contribution in [0, 0.1) is 11.6 Å². The number of halogens is 2. The topological polar surface area (TPSA) is 73.1 Å². The molecule has 0 fully saturated rings. The lowest BCUT2D eigenvalue weighted by Crippen LogP contribution is -2.43. The molecule has 0 aliphatic rings. The number of amides is 1. The number of anilines is 1. The Labute approximate surface area is 159 Å². The van der Waals surface area contributed by atoms with Gasteiger partial charge in [0.2, 0.25) is 5.91 Å².